The van der Waals surface area contributed by atoms with Crippen LogP contribution >= 0.6 is 11.6 Å². The zero-order chi connectivity index (χ0) is 16.3. The Bertz CT molecular complexity index is 760. The maximum atomic E-state index is 13.2. The van der Waals surface area contributed by atoms with E-state index in [1.54, 1.807) is 0 Å². The van der Waals surface area contributed by atoms with Crippen molar-refractivity contribution in [2.45, 2.75) is 24.8 Å². The summed E-state index contributed by atoms with van der Waals surface area (Å²) in [7, 11) is -2.22. The molecule has 0 atom stereocenters. The number of sulfonamides is 1. The summed E-state index contributed by atoms with van der Waals surface area (Å²) in [5.41, 5.74) is 2.08. The first kappa shape index (κ1) is 16.9. The molecule has 0 N–H and O–H groups in total. The van der Waals surface area contributed by atoms with Crippen LogP contribution in [0.3, 0.4) is 0 Å². The largest absolute Gasteiger partial charge is 0.243 e. The summed E-state index contributed by atoms with van der Waals surface area (Å²) in [5.74, 6) is -0.640. The first-order chi connectivity index (χ1) is 10.3. The van der Waals surface area contributed by atoms with E-state index in [2.05, 4.69) is 6.92 Å². The molecule has 0 bridgehead atoms. The van der Waals surface area contributed by atoms with Gasteiger partial charge in [0, 0.05) is 13.6 Å². The molecule has 22 heavy (non-hydrogen) atoms. The Balaban J connectivity index is 2.22. The second kappa shape index (κ2) is 6.77. The lowest BCUT2D eigenvalue weighted by atomic mass is 10.1. The first-order valence-corrected chi connectivity index (χ1v) is 8.65. The Morgan fingerprint density at radius 3 is 2.23 bits per heavy atom. The second-order valence-electron chi connectivity index (χ2n) is 5.01. The van der Waals surface area contributed by atoms with Crippen LogP contribution in [-0.2, 0) is 23.0 Å². The smallest absolute Gasteiger partial charge is 0.207 e. The monoisotopic (exact) mass is 341 g/mol. The molecule has 0 aromatic heterocycles. The van der Waals surface area contributed by atoms with Crippen molar-refractivity contribution in [1.29, 1.82) is 0 Å². The van der Waals surface area contributed by atoms with Gasteiger partial charge < -0.3 is 0 Å². The van der Waals surface area contributed by atoms with Gasteiger partial charge in [0.2, 0.25) is 10.0 Å². The Labute approximate surface area is 135 Å². The van der Waals surface area contributed by atoms with E-state index >= 15 is 0 Å². The quantitative estimate of drug-likeness (QED) is 0.828. The molecular formula is C16H17ClFNO2S. The molecule has 0 unspecified atom stereocenters. The lowest BCUT2D eigenvalue weighted by molar-refractivity contribution is 0.466. The number of nitrogens with zero attached hydrogens (tertiary/aromatic N) is 1. The summed E-state index contributed by atoms with van der Waals surface area (Å²) in [6.45, 7) is 2.30. The highest BCUT2D eigenvalue weighted by molar-refractivity contribution is 7.89. The van der Waals surface area contributed by atoms with E-state index in [0.29, 0.717) is 0 Å². The summed E-state index contributed by atoms with van der Waals surface area (Å²) < 4.78 is 39.3. The van der Waals surface area contributed by atoms with E-state index < -0.39 is 15.8 Å². The number of hydrogen-bond donors (Lipinski definition) is 0. The molecule has 0 spiro atoms. The summed E-state index contributed by atoms with van der Waals surface area (Å²) in [6.07, 6.45) is 0.933. The molecule has 0 saturated carbocycles. The maximum Gasteiger partial charge on any atom is 0.243 e. The molecule has 0 amide bonds. The predicted molar refractivity (Wildman–Crippen MR) is 85.9 cm³/mol. The standard InChI is InChI=1S/C16H17ClFNO2S/c1-3-12-4-6-13(7-5-12)11-19(2)22(20,21)14-8-9-16(18)15(17)10-14/h4-10H,3,11H2,1-2H3. The summed E-state index contributed by atoms with van der Waals surface area (Å²) in [6, 6.07) is 11.2. The number of benzene rings is 2. The minimum atomic E-state index is -3.71. The average molecular weight is 342 g/mol. The normalized spacial score (nSPS) is 11.9. The fourth-order valence-corrected chi connectivity index (χ4v) is 3.47. The number of rotatable bonds is 5. The van der Waals surface area contributed by atoms with Gasteiger partial charge in [0.25, 0.3) is 0 Å². The van der Waals surface area contributed by atoms with Crippen LogP contribution in [0.4, 0.5) is 4.39 Å². The van der Waals surface area contributed by atoms with Gasteiger partial charge in [-0.25, -0.2) is 12.8 Å². The Kier molecular flexibility index (Phi) is 5.21. The molecule has 2 aromatic rings. The van der Waals surface area contributed by atoms with Gasteiger partial charge >= 0.3 is 0 Å². The molecule has 0 heterocycles. The lowest BCUT2D eigenvalue weighted by Gasteiger charge is -2.17. The van der Waals surface area contributed by atoms with Crippen LogP contribution in [0.15, 0.2) is 47.4 Å². The van der Waals surface area contributed by atoms with Gasteiger partial charge in [-0.05, 0) is 35.7 Å². The Hall–Kier alpha value is -1.43. The highest BCUT2D eigenvalue weighted by atomic mass is 35.5. The topological polar surface area (TPSA) is 37.4 Å². The van der Waals surface area contributed by atoms with Crippen molar-refractivity contribution in [3.05, 3.63) is 64.4 Å². The van der Waals surface area contributed by atoms with Gasteiger partial charge in [-0.15, -0.1) is 0 Å². The fourth-order valence-electron chi connectivity index (χ4n) is 2.04. The van der Waals surface area contributed by atoms with E-state index in [9.17, 15) is 12.8 Å². The molecule has 6 heteroatoms. The van der Waals surface area contributed by atoms with Crippen LogP contribution in [0.2, 0.25) is 5.02 Å². The third kappa shape index (κ3) is 3.66. The first-order valence-electron chi connectivity index (χ1n) is 6.84. The van der Waals surface area contributed by atoms with Crippen LogP contribution in [0.5, 0.6) is 0 Å². The molecule has 0 aliphatic heterocycles. The highest BCUT2D eigenvalue weighted by Crippen LogP contribution is 2.22. The van der Waals surface area contributed by atoms with Crippen LogP contribution < -0.4 is 0 Å². The molecular weight excluding hydrogens is 325 g/mol. The molecule has 0 fully saturated rings. The van der Waals surface area contributed by atoms with Crippen molar-refractivity contribution < 1.29 is 12.8 Å². The maximum absolute atomic E-state index is 13.2. The number of aryl methyl sites for hydroxylation is 1. The number of halogens is 2. The average Bonchev–Trinajstić information content (AvgIpc) is 2.50. The van der Waals surface area contributed by atoms with Crippen LogP contribution in [0.1, 0.15) is 18.1 Å². The van der Waals surface area contributed by atoms with E-state index in [-0.39, 0.29) is 16.5 Å². The van der Waals surface area contributed by atoms with Gasteiger partial charge in [-0.1, -0.05) is 42.8 Å². The van der Waals surface area contributed by atoms with Gasteiger partial charge in [-0.3, -0.25) is 0 Å². The van der Waals surface area contributed by atoms with E-state index in [1.807, 2.05) is 24.3 Å². The number of hydrogen-bond acceptors (Lipinski definition) is 2. The van der Waals surface area contributed by atoms with Crippen LogP contribution in [0.25, 0.3) is 0 Å². The fraction of sp³-hybridized carbons (Fsp3) is 0.250. The third-order valence-electron chi connectivity index (χ3n) is 3.44. The SMILES string of the molecule is CCc1ccc(CN(C)S(=O)(=O)c2ccc(F)c(Cl)c2)cc1. The van der Waals surface area contributed by atoms with Crippen LogP contribution in [-0.4, -0.2) is 19.8 Å². The van der Waals surface area contributed by atoms with E-state index in [1.165, 1.54) is 23.0 Å². The molecule has 0 aliphatic carbocycles. The predicted octanol–water partition coefficient (Wildman–Crippen LogP) is 3.86. The summed E-state index contributed by atoms with van der Waals surface area (Å²) in [4.78, 5) is -0.0217. The Morgan fingerprint density at radius 2 is 1.68 bits per heavy atom. The van der Waals surface area contributed by atoms with E-state index in [0.717, 1.165) is 24.1 Å². The second-order valence-corrected chi connectivity index (χ2v) is 7.46. The van der Waals surface area contributed by atoms with Crippen LogP contribution in [0, 0.1) is 5.82 Å². The zero-order valence-corrected chi connectivity index (χ0v) is 14.0. The van der Waals surface area contributed by atoms with Crippen molar-refractivity contribution in [2.24, 2.45) is 0 Å². The summed E-state index contributed by atoms with van der Waals surface area (Å²) >= 11 is 5.66. The third-order valence-corrected chi connectivity index (χ3v) is 5.52. The summed E-state index contributed by atoms with van der Waals surface area (Å²) in [5, 5.41) is -0.207. The van der Waals surface area contributed by atoms with Gasteiger partial charge in [0.15, 0.2) is 0 Å². The van der Waals surface area contributed by atoms with Crippen molar-refractivity contribution in [3.63, 3.8) is 0 Å². The molecule has 118 valence electrons. The zero-order valence-electron chi connectivity index (χ0n) is 12.4. The molecule has 0 radical (unpaired) electrons. The Morgan fingerprint density at radius 1 is 1.09 bits per heavy atom. The lowest BCUT2D eigenvalue weighted by Crippen LogP contribution is -2.26. The highest BCUT2D eigenvalue weighted by Gasteiger charge is 2.22. The minimum absolute atomic E-state index is 0.0217. The van der Waals surface area contributed by atoms with Gasteiger partial charge in [0.1, 0.15) is 5.82 Å². The molecule has 3 nitrogen and oxygen atoms in total. The van der Waals surface area contributed by atoms with Crippen molar-refractivity contribution in [1.82, 2.24) is 4.31 Å². The van der Waals surface area contributed by atoms with Gasteiger partial charge in [-0.2, -0.15) is 4.31 Å². The van der Waals surface area contributed by atoms with Crippen molar-refractivity contribution in [3.8, 4) is 0 Å². The van der Waals surface area contributed by atoms with Crippen molar-refractivity contribution >= 4 is 21.6 Å². The molecule has 0 aliphatic rings. The molecule has 2 rings (SSSR count). The van der Waals surface area contributed by atoms with Crippen molar-refractivity contribution in [2.75, 3.05) is 7.05 Å². The molecule has 0 saturated heterocycles. The minimum Gasteiger partial charge on any atom is -0.207 e. The van der Waals surface area contributed by atoms with E-state index in [4.69, 9.17) is 11.6 Å². The molecule has 2 aromatic carbocycles. The van der Waals surface area contributed by atoms with Gasteiger partial charge in [0.05, 0.1) is 9.92 Å².